The number of ether oxygens (including phenoxy) is 1. The Morgan fingerprint density at radius 1 is 1.25 bits per heavy atom. The molecule has 0 aromatic carbocycles. The molecule has 0 radical (unpaired) electrons. The van der Waals surface area contributed by atoms with E-state index in [2.05, 4.69) is 4.98 Å². The lowest BCUT2D eigenvalue weighted by molar-refractivity contribution is 0.00578. The minimum absolute atomic E-state index is 0.152. The number of aromatic nitrogens is 1. The van der Waals surface area contributed by atoms with Crippen molar-refractivity contribution in [1.29, 1.82) is 0 Å². The van der Waals surface area contributed by atoms with Crippen molar-refractivity contribution < 1.29 is 14.0 Å². The molecule has 1 unspecified atom stereocenters. The molecule has 1 aromatic rings. The van der Waals surface area contributed by atoms with Crippen molar-refractivity contribution in [2.24, 2.45) is 5.73 Å². The van der Waals surface area contributed by atoms with Crippen LogP contribution in [0.2, 0.25) is 0 Å². The van der Waals surface area contributed by atoms with Gasteiger partial charge < -0.3 is 19.8 Å². The van der Waals surface area contributed by atoms with E-state index in [1.54, 1.807) is 13.3 Å². The van der Waals surface area contributed by atoms with Crippen LogP contribution in [0, 0.1) is 0 Å². The van der Waals surface area contributed by atoms with Gasteiger partial charge in [-0.05, 0) is 46.2 Å². The number of hydrogen-bond acceptors (Lipinski definition) is 5. The van der Waals surface area contributed by atoms with Gasteiger partial charge in [-0.3, -0.25) is 0 Å². The second-order valence-electron chi connectivity index (χ2n) is 6.20. The van der Waals surface area contributed by atoms with Crippen LogP contribution in [0.1, 0.15) is 46.2 Å². The molecule has 1 aliphatic rings. The first-order valence-electron chi connectivity index (χ1n) is 6.83. The van der Waals surface area contributed by atoms with Crippen LogP contribution >= 0.6 is 0 Å². The Morgan fingerprint density at radius 2 is 1.80 bits per heavy atom. The van der Waals surface area contributed by atoms with Crippen LogP contribution in [0.5, 0.6) is 5.88 Å². The quantitative estimate of drug-likeness (QED) is 0.847. The fourth-order valence-electron chi connectivity index (χ4n) is 2.23. The van der Waals surface area contributed by atoms with Gasteiger partial charge in [0.25, 0.3) is 0 Å². The maximum absolute atomic E-state index is 6.09. The van der Waals surface area contributed by atoms with Crippen LogP contribution in [0.3, 0.4) is 0 Å². The molecule has 1 fully saturated rings. The van der Waals surface area contributed by atoms with Crippen LogP contribution in [0.25, 0.3) is 0 Å². The zero-order chi connectivity index (χ0) is 15.1. The van der Waals surface area contributed by atoms with Crippen molar-refractivity contribution in [3.63, 3.8) is 0 Å². The molecule has 6 heteroatoms. The minimum atomic E-state index is -0.523. The van der Waals surface area contributed by atoms with E-state index in [0.717, 1.165) is 11.0 Å². The summed E-state index contributed by atoms with van der Waals surface area (Å²) in [5.41, 5.74) is 6.94. The van der Waals surface area contributed by atoms with Gasteiger partial charge in [0.15, 0.2) is 0 Å². The van der Waals surface area contributed by atoms with Gasteiger partial charge in [0.1, 0.15) is 0 Å². The molecule has 0 spiro atoms. The summed E-state index contributed by atoms with van der Waals surface area (Å²) in [6, 6.07) is 1.73. The lowest BCUT2D eigenvalue weighted by atomic mass is 9.75. The van der Waals surface area contributed by atoms with E-state index in [0.29, 0.717) is 5.88 Å². The molecule has 1 saturated heterocycles. The van der Waals surface area contributed by atoms with Gasteiger partial charge in [0.2, 0.25) is 5.88 Å². The number of methoxy groups -OCH3 is 1. The third-order valence-corrected chi connectivity index (χ3v) is 4.16. The molecule has 0 amide bonds. The van der Waals surface area contributed by atoms with E-state index >= 15 is 0 Å². The van der Waals surface area contributed by atoms with Crippen LogP contribution < -0.4 is 15.9 Å². The Bertz CT molecular complexity index is 487. The average Bonchev–Trinajstić information content (AvgIpc) is 2.57. The Morgan fingerprint density at radius 3 is 2.25 bits per heavy atom. The molecule has 0 bridgehead atoms. The molecule has 2 rings (SSSR count). The van der Waals surface area contributed by atoms with Crippen molar-refractivity contribution in [2.75, 3.05) is 7.11 Å². The Hall–Kier alpha value is -1.11. The van der Waals surface area contributed by atoms with E-state index in [1.165, 1.54) is 0 Å². The van der Waals surface area contributed by atoms with Crippen LogP contribution in [0.4, 0.5) is 0 Å². The first kappa shape index (κ1) is 15.3. The summed E-state index contributed by atoms with van der Waals surface area (Å²) in [5, 5.41) is 0. The summed E-state index contributed by atoms with van der Waals surface area (Å²) in [7, 11) is 1.06. The van der Waals surface area contributed by atoms with Crippen molar-refractivity contribution in [2.45, 2.75) is 51.9 Å². The van der Waals surface area contributed by atoms with Gasteiger partial charge >= 0.3 is 7.12 Å². The largest absolute Gasteiger partial charge is 0.500 e. The second-order valence-corrected chi connectivity index (χ2v) is 6.20. The fraction of sp³-hybridized carbons (Fsp3) is 0.643. The highest BCUT2D eigenvalue weighted by Gasteiger charge is 2.53. The van der Waals surface area contributed by atoms with E-state index in [4.69, 9.17) is 19.8 Å². The van der Waals surface area contributed by atoms with Crippen LogP contribution in [0.15, 0.2) is 12.3 Å². The van der Waals surface area contributed by atoms with Crippen molar-refractivity contribution in [1.82, 2.24) is 4.98 Å². The first-order chi connectivity index (χ1) is 9.19. The topological polar surface area (TPSA) is 66.6 Å². The maximum Gasteiger partial charge on any atom is 0.500 e. The summed E-state index contributed by atoms with van der Waals surface area (Å²) in [6.07, 6.45) is 1.69. The molecule has 0 aliphatic carbocycles. The van der Waals surface area contributed by atoms with Gasteiger partial charge in [0.05, 0.1) is 18.3 Å². The predicted octanol–water partition coefficient (Wildman–Crippen LogP) is 1.41. The van der Waals surface area contributed by atoms with Crippen molar-refractivity contribution >= 4 is 12.6 Å². The third kappa shape index (κ3) is 2.43. The van der Waals surface area contributed by atoms with E-state index in [1.807, 2.05) is 40.7 Å². The van der Waals surface area contributed by atoms with Gasteiger partial charge in [-0.2, -0.15) is 0 Å². The summed E-state index contributed by atoms with van der Waals surface area (Å²) >= 11 is 0. The van der Waals surface area contributed by atoms with Gasteiger partial charge in [-0.1, -0.05) is 0 Å². The normalized spacial score (nSPS) is 21.9. The lowest BCUT2D eigenvalue weighted by Gasteiger charge is -2.32. The molecule has 20 heavy (non-hydrogen) atoms. The van der Waals surface area contributed by atoms with Crippen molar-refractivity contribution in [3.05, 3.63) is 17.8 Å². The highest BCUT2D eigenvalue weighted by Crippen LogP contribution is 2.37. The SMILES string of the molecule is COc1nccc(C(C)N)c1B1OC(C)(C)C(C)(C)O1. The Balaban J connectivity index is 2.48. The smallest absolute Gasteiger partial charge is 0.481 e. The van der Waals surface area contributed by atoms with E-state index in [-0.39, 0.29) is 6.04 Å². The van der Waals surface area contributed by atoms with E-state index in [9.17, 15) is 0 Å². The van der Waals surface area contributed by atoms with E-state index < -0.39 is 18.3 Å². The Kier molecular flexibility index (Phi) is 3.84. The molecular weight excluding hydrogens is 255 g/mol. The molecule has 1 atom stereocenters. The molecule has 5 nitrogen and oxygen atoms in total. The number of nitrogens with zero attached hydrogens (tertiary/aromatic N) is 1. The highest BCUT2D eigenvalue weighted by atomic mass is 16.7. The lowest BCUT2D eigenvalue weighted by Crippen LogP contribution is -2.41. The maximum atomic E-state index is 6.09. The Labute approximate surface area is 121 Å². The summed E-state index contributed by atoms with van der Waals surface area (Å²) in [6.45, 7) is 9.98. The predicted molar refractivity (Wildman–Crippen MR) is 79.1 cm³/mol. The highest BCUT2D eigenvalue weighted by molar-refractivity contribution is 6.63. The molecule has 1 aromatic heterocycles. The molecule has 2 heterocycles. The number of nitrogens with two attached hydrogens (primary N) is 1. The third-order valence-electron chi connectivity index (χ3n) is 4.16. The fourth-order valence-corrected chi connectivity index (χ4v) is 2.23. The van der Waals surface area contributed by atoms with Crippen LogP contribution in [-0.4, -0.2) is 30.4 Å². The zero-order valence-electron chi connectivity index (χ0n) is 13.1. The monoisotopic (exact) mass is 278 g/mol. The van der Waals surface area contributed by atoms with Crippen LogP contribution in [-0.2, 0) is 9.31 Å². The first-order valence-corrected chi connectivity index (χ1v) is 6.83. The molecule has 0 saturated carbocycles. The standard InChI is InChI=1S/C14H23BN2O3/c1-9(16)10-7-8-17-12(18-6)11(10)15-19-13(2,3)14(4,5)20-15/h7-9H,16H2,1-6H3. The number of pyridine rings is 1. The van der Waals surface area contributed by atoms with Gasteiger partial charge in [0, 0.05) is 17.7 Å². The molecule has 2 N–H and O–H groups in total. The molecule has 110 valence electrons. The molecule has 1 aliphatic heterocycles. The van der Waals surface area contributed by atoms with Crippen molar-refractivity contribution in [3.8, 4) is 5.88 Å². The summed E-state index contributed by atoms with van der Waals surface area (Å²) in [5.74, 6) is 0.498. The summed E-state index contributed by atoms with van der Waals surface area (Å²) in [4.78, 5) is 4.24. The molecular formula is C14H23BN2O3. The second kappa shape index (κ2) is 5.02. The number of hydrogen-bond donors (Lipinski definition) is 1. The number of rotatable bonds is 3. The average molecular weight is 278 g/mol. The van der Waals surface area contributed by atoms with Gasteiger partial charge in [-0.15, -0.1) is 0 Å². The summed E-state index contributed by atoms with van der Waals surface area (Å²) < 4.78 is 17.5. The van der Waals surface area contributed by atoms with Gasteiger partial charge in [-0.25, -0.2) is 4.98 Å². The zero-order valence-corrected chi connectivity index (χ0v) is 13.1. The minimum Gasteiger partial charge on any atom is -0.481 e.